The van der Waals surface area contributed by atoms with E-state index in [9.17, 15) is 4.39 Å². The van der Waals surface area contributed by atoms with Crippen LogP contribution in [0.4, 0.5) is 4.39 Å². The van der Waals surface area contributed by atoms with Gasteiger partial charge in [-0.15, -0.1) is 0 Å². The van der Waals surface area contributed by atoms with Gasteiger partial charge < -0.3 is 15.8 Å². The van der Waals surface area contributed by atoms with Gasteiger partial charge in [-0.05, 0) is 36.7 Å². The number of nitrogens with two attached hydrogens (primary N) is 1. The predicted octanol–water partition coefficient (Wildman–Crippen LogP) is 1.71. The zero-order valence-corrected chi connectivity index (χ0v) is 14.1. The number of nitrogens with zero attached hydrogens (tertiary/aromatic N) is 2. The van der Waals surface area contributed by atoms with Crippen LogP contribution >= 0.6 is 15.9 Å². The second-order valence-electron chi connectivity index (χ2n) is 5.21. The van der Waals surface area contributed by atoms with Crippen molar-refractivity contribution in [1.29, 1.82) is 0 Å². The lowest BCUT2D eigenvalue weighted by molar-refractivity contribution is 0.0376. The molecule has 5 nitrogen and oxygen atoms in total. The van der Waals surface area contributed by atoms with Crippen molar-refractivity contribution in [3.05, 3.63) is 34.1 Å². The summed E-state index contributed by atoms with van der Waals surface area (Å²) in [6.45, 7) is 5.80. The molecule has 1 aromatic carbocycles. The topological polar surface area (TPSA) is 62.9 Å². The minimum atomic E-state index is -0.281. The fraction of sp³-hybridized carbons (Fsp3) is 0.533. The second-order valence-corrected chi connectivity index (χ2v) is 6.13. The molecule has 1 aromatic rings. The highest BCUT2D eigenvalue weighted by Crippen LogP contribution is 2.15. The van der Waals surface area contributed by atoms with E-state index in [1.54, 1.807) is 0 Å². The minimum absolute atomic E-state index is 0.281. The molecule has 1 saturated heterocycles. The Kier molecular flexibility index (Phi) is 7.08. The van der Waals surface area contributed by atoms with Crippen molar-refractivity contribution < 1.29 is 9.13 Å². The third-order valence-corrected chi connectivity index (χ3v) is 3.87. The van der Waals surface area contributed by atoms with E-state index in [0.29, 0.717) is 17.0 Å². The second kappa shape index (κ2) is 9.07. The zero-order valence-electron chi connectivity index (χ0n) is 12.5. The molecule has 0 spiro atoms. The number of aliphatic imine (C=N–C) groups is 1. The van der Waals surface area contributed by atoms with E-state index < -0.39 is 0 Å². The van der Waals surface area contributed by atoms with Crippen LogP contribution in [0.3, 0.4) is 0 Å². The maximum Gasteiger partial charge on any atom is 0.188 e. The average Bonchev–Trinajstić information content (AvgIpc) is 2.50. The molecule has 0 aliphatic carbocycles. The van der Waals surface area contributed by atoms with Crippen LogP contribution in [-0.2, 0) is 11.3 Å². The predicted molar refractivity (Wildman–Crippen MR) is 89.3 cm³/mol. The summed E-state index contributed by atoms with van der Waals surface area (Å²) in [5.74, 6) is 0.110. The van der Waals surface area contributed by atoms with Crippen molar-refractivity contribution in [2.45, 2.75) is 13.0 Å². The Balaban J connectivity index is 1.66. The van der Waals surface area contributed by atoms with Gasteiger partial charge in [0.1, 0.15) is 5.82 Å². The van der Waals surface area contributed by atoms with Crippen LogP contribution in [-0.4, -0.2) is 50.3 Å². The number of nitrogens with one attached hydrogen (secondary N) is 1. The number of hydrogen-bond acceptors (Lipinski definition) is 3. The SMILES string of the molecule is NC(=NCc1cc(F)cc(Br)c1)NCCCN1CCOCC1. The first-order chi connectivity index (χ1) is 10.6. The summed E-state index contributed by atoms with van der Waals surface area (Å²) in [6, 6.07) is 4.71. The molecule has 122 valence electrons. The highest BCUT2D eigenvalue weighted by Gasteiger charge is 2.08. The first-order valence-corrected chi connectivity index (χ1v) is 8.21. The number of benzene rings is 1. The first kappa shape index (κ1) is 17.2. The van der Waals surface area contributed by atoms with Gasteiger partial charge in [-0.1, -0.05) is 15.9 Å². The monoisotopic (exact) mass is 372 g/mol. The normalized spacial score (nSPS) is 16.7. The highest BCUT2D eigenvalue weighted by atomic mass is 79.9. The van der Waals surface area contributed by atoms with E-state index in [0.717, 1.165) is 51.4 Å². The molecule has 1 aliphatic rings. The van der Waals surface area contributed by atoms with E-state index in [4.69, 9.17) is 10.5 Å². The Morgan fingerprint density at radius 3 is 2.86 bits per heavy atom. The van der Waals surface area contributed by atoms with E-state index in [-0.39, 0.29) is 5.82 Å². The number of ether oxygens (including phenoxy) is 1. The van der Waals surface area contributed by atoms with Crippen LogP contribution in [0.25, 0.3) is 0 Å². The molecule has 3 N–H and O–H groups in total. The number of rotatable bonds is 6. The van der Waals surface area contributed by atoms with Crippen molar-refractivity contribution in [3.8, 4) is 0 Å². The molecule has 0 radical (unpaired) electrons. The van der Waals surface area contributed by atoms with Gasteiger partial charge in [0.05, 0.1) is 19.8 Å². The van der Waals surface area contributed by atoms with Crippen LogP contribution in [0.2, 0.25) is 0 Å². The minimum Gasteiger partial charge on any atom is -0.379 e. The molecular weight excluding hydrogens is 351 g/mol. The standard InChI is InChI=1S/C15H22BrFN4O/c16-13-8-12(9-14(17)10-13)11-20-15(18)19-2-1-3-21-4-6-22-7-5-21/h8-10H,1-7,11H2,(H3,18,19,20). The van der Waals surface area contributed by atoms with Crippen LogP contribution in [0.15, 0.2) is 27.7 Å². The van der Waals surface area contributed by atoms with Gasteiger partial charge in [0.15, 0.2) is 5.96 Å². The van der Waals surface area contributed by atoms with Crippen LogP contribution in [0.5, 0.6) is 0 Å². The maximum absolute atomic E-state index is 13.2. The van der Waals surface area contributed by atoms with Crippen LogP contribution in [0.1, 0.15) is 12.0 Å². The Hall–Kier alpha value is -1.18. The lowest BCUT2D eigenvalue weighted by atomic mass is 10.2. The van der Waals surface area contributed by atoms with E-state index in [2.05, 4.69) is 31.1 Å². The van der Waals surface area contributed by atoms with Crippen LogP contribution < -0.4 is 11.1 Å². The summed E-state index contributed by atoms with van der Waals surface area (Å²) in [5, 5.41) is 3.09. The van der Waals surface area contributed by atoms with E-state index >= 15 is 0 Å². The third kappa shape index (κ3) is 6.29. The van der Waals surface area contributed by atoms with Crippen molar-refractivity contribution in [1.82, 2.24) is 10.2 Å². The van der Waals surface area contributed by atoms with Gasteiger partial charge in [-0.25, -0.2) is 9.38 Å². The molecular formula is C15H22BrFN4O. The molecule has 2 rings (SSSR count). The summed E-state index contributed by atoms with van der Waals surface area (Å²) in [4.78, 5) is 6.60. The summed E-state index contributed by atoms with van der Waals surface area (Å²) in [5.41, 5.74) is 6.60. The van der Waals surface area contributed by atoms with Gasteiger partial charge in [0, 0.05) is 24.1 Å². The number of halogens is 2. The zero-order chi connectivity index (χ0) is 15.8. The molecule has 1 heterocycles. The van der Waals surface area contributed by atoms with Crippen molar-refractivity contribution in [2.24, 2.45) is 10.7 Å². The quantitative estimate of drug-likeness (QED) is 0.453. The van der Waals surface area contributed by atoms with Crippen LogP contribution in [0, 0.1) is 5.82 Å². The Bertz CT molecular complexity index is 486. The largest absolute Gasteiger partial charge is 0.379 e. The number of hydrogen-bond donors (Lipinski definition) is 2. The Labute approximate surface area is 138 Å². The lowest BCUT2D eigenvalue weighted by Gasteiger charge is -2.26. The van der Waals surface area contributed by atoms with E-state index in [1.807, 2.05) is 6.07 Å². The van der Waals surface area contributed by atoms with Gasteiger partial charge in [-0.2, -0.15) is 0 Å². The van der Waals surface area contributed by atoms with Gasteiger partial charge in [0.25, 0.3) is 0 Å². The fourth-order valence-electron chi connectivity index (χ4n) is 2.28. The molecule has 0 bridgehead atoms. The number of guanidine groups is 1. The molecule has 0 saturated carbocycles. The highest BCUT2D eigenvalue weighted by molar-refractivity contribution is 9.10. The van der Waals surface area contributed by atoms with Gasteiger partial charge >= 0.3 is 0 Å². The summed E-state index contributed by atoms with van der Waals surface area (Å²) >= 11 is 3.26. The lowest BCUT2D eigenvalue weighted by Crippen LogP contribution is -2.39. The smallest absolute Gasteiger partial charge is 0.188 e. The molecule has 1 fully saturated rings. The molecule has 0 amide bonds. The molecule has 0 unspecified atom stereocenters. The maximum atomic E-state index is 13.2. The van der Waals surface area contributed by atoms with Gasteiger partial charge in [-0.3, -0.25) is 4.90 Å². The van der Waals surface area contributed by atoms with Crippen molar-refractivity contribution in [3.63, 3.8) is 0 Å². The Morgan fingerprint density at radius 1 is 1.36 bits per heavy atom. The molecule has 22 heavy (non-hydrogen) atoms. The first-order valence-electron chi connectivity index (χ1n) is 7.42. The molecule has 0 aromatic heterocycles. The summed E-state index contributed by atoms with van der Waals surface area (Å²) in [6.07, 6.45) is 1.00. The molecule has 7 heteroatoms. The van der Waals surface area contributed by atoms with E-state index in [1.165, 1.54) is 12.1 Å². The average molecular weight is 373 g/mol. The molecule has 1 aliphatic heterocycles. The third-order valence-electron chi connectivity index (χ3n) is 3.42. The van der Waals surface area contributed by atoms with Gasteiger partial charge in [0.2, 0.25) is 0 Å². The van der Waals surface area contributed by atoms with Crippen molar-refractivity contribution in [2.75, 3.05) is 39.4 Å². The number of morpholine rings is 1. The molecule has 0 atom stereocenters. The van der Waals surface area contributed by atoms with Crippen molar-refractivity contribution >= 4 is 21.9 Å². The summed E-state index contributed by atoms with van der Waals surface area (Å²) < 4.78 is 19.3. The summed E-state index contributed by atoms with van der Waals surface area (Å²) in [7, 11) is 0. The fourth-order valence-corrected chi connectivity index (χ4v) is 2.79. The Morgan fingerprint density at radius 2 is 2.14 bits per heavy atom.